The van der Waals surface area contributed by atoms with Crippen molar-refractivity contribution in [2.45, 2.75) is 18.1 Å². The van der Waals surface area contributed by atoms with Crippen molar-refractivity contribution in [3.05, 3.63) is 113 Å². The maximum absolute atomic E-state index is 14.2. The Morgan fingerprint density at radius 1 is 0.854 bits per heavy atom. The Labute approximate surface area is 232 Å². The zero-order chi connectivity index (χ0) is 28.4. The van der Waals surface area contributed by atoms with E-state index in [0.717, 1.165) is 34.5 Å². The first-order chi connectivity index (χ1) is 19.7. The molecule has 0 saturated heterocycles. The summed E-state index contributed by atoms with van der Waals surface area (Å²) >= 11 is 0. The minimum absolute atomic E-state index is 0.0418. The number of halogens is 3. The Balaban J connectivity index is 1.14. The molecular weight excluding hydrogens is 537 g/mol. The minimum atomic E-state index is -4.51. The number of hydrogen-bond donors (Lipinski definition) is 1. The van der Waals surface area contributed by atoms with Gasteiger partial charge in [-0.25, -0.2) is 0 Å². The summed E-state index contributed by atoms with van der Waals surface area (Å²) in [5.74, 6) is 1.04. The number of ether oxygens (including phenoxy) is 3. The summed E-state index contributed by atoms with van der Waals surface area (Å²) in [5.41, 5.74) is 1.52. The number of anilines is 2. The van der Waals surface area contributed by atoms with E-state index >= 15 is 0 Å². The summed E-state index contributed by atoms with van der Waals surface area (Å²) in [7, 11) is 0. The van der Waals surface area contributed by atoms with Crippen LogP contribution in [0.2, 0.25) is 0 Å². The Hall–Kier alpha value is -4.99. The molecule has 0 fully saturated rings. The third-order valence-electron chi connectivity index (χ3n) is 7.65. The van der Waals surface area contributed by atoms with Gasteiger partial charge >= 0.3 is 6.18 Å². The summed E-state index contributed by atoms with van der Waals surface area (Å²) < 4.78 is 56.1. The predicted molar refractivity (Wildman–Crippen MR) is 142 cm³/mol. The first-order valence-corrected chi connectivity index (χ1v) is 12.8. The summed E-state index contributed by atoms with van der Waals surface area (Å²) in [6, 6.07) is 22.2. The topological polar surface area (TPSA) is 77.1 Å². The highest BCUT2D eigenvalue weighted by atomic mass is 19.4. The van der Waals surface area contributed by atoms with Crippen LogP contribution < -0.4 is 24.4 Å². The maximum atomic E-state index is 14.2. The second-order valence-electron chi connectivity index (χ2n) is 10.0. The number of carbonyl (C=O) groups excluding carboxylic acids is 2. The fraction of sp³-hybridized carbons (Fsp3) is 0.161. The van der Waals surface area contributed by atoms with Gasteiger partial charge in [0.15, 0.2) is 11.5 Å². The molecule has 1 atom stereocenters. The zero-order valence-corrected chi connectivity index (χ0v) is 21.3. The highest BCUT2D eigenvalue weighted by Crippen LogP contribution is 2.55. The number of rotatable bonds is 4. The first-order valence-electron chi connectivity index (χ1n) is 12.8. The fourth-order valence-electron chi connectivity index (χ4n) is 5.64. The monoisotopic (exact) mass is 558 g/mol. The largest absolute Gasteiger partial charge is 0.491 e. The minimum Gasteiger partial charge on any atom is -0.491 e. The van der Waals surface area contributed by atoms with Gasteiger partial charge in [0.2, 0.25) is 12.7 Å². The third-order valence-corrected chi connectivity index (χ3v) is 7.65. The van der Waals surface area contributed by atoms with E-state index in [1.165, 1.54) is 12.1 Å². The standard InChI is InChI=1S/C31H21F3N2O5/c32-31(33,34)20-4-3-5-21(12-20)35-28(37)19-10-8-18(9-11-19)15-36-24-7-2-1-6-22(24)30(29(36)38)16-39-25-14-27-26(13-23(25)30)40-17-41-27/h1-14H,15-17H2,(H,35,37). The lowest BCUT2D eigenvalue weighted by Gasteiger charge is -2.23. The van der Waals surface area contributed by atoms with Gasteiger partial charge in [-0.3, -0.25) is 9.59 Å². The molecule has 0 bridgehead atoms. The van der Waals surface area contributed by atoms with E-state index in [-0.39, 0.29) is 37.1 Å². The molecule has 4 aromatic carbocycles. The molecule has 1 spiro atoms. The molecule has 0 saturated carbocycles. The molecular formula is C31H21F3N2O5. The van der Waals surface area contributed by atoms with Gasteiger partial charge in [0.05, 0.1) is 12.1 Å². The number of benzene rings is 4. The summed E-state index contributed by atoms with van der Waals surface area (Å²) in [5, 5.41) is 2.51. The lowest BCUT2D eigenvalue weighted by atomic mass is 9.77. The maximum Gasteiger partial charge on any atom is 0.416 e. The molecule has 1 unspecified atom stereocenters. The smallest absolute Gasteiger partial charge is 0.416 e. The van der Waals surface area contributed by atoms with Crippen LogP contribution in [0.25, 0.3) is 0 Å². The van der Waals surface area contributed by atoms with Crippen LogP contribution >= 0.6 is 0 Å². The van der Waals surface area contributed by atoms with Crippen LogP contribution in [0.4, 0.5) is 24.5 Å². The molecule has 7 nitrogen and oxygen atoms in total. The van der Waals surface area contributed by atoms with Crippen LogP contribution in [-0.2, 0) is 22.9 Å². The van der Waals surface area contributed by atoms with Crippen LogP contribution in [-0.4, -0.2) is 25.2 Å². The fourth-order valence-corrected chi connectivity index (χ4v) is 5.64. The second kappa shape index (κ2) is 9.02. The quantitative estimate of drug-likeness (QED) is 0.337. The van der Waals surface area contributed by atoms with Crippen molar-refractivity contribution >= 4 is 23.2 Å². The van der Waals surface area contributed by atoms with Crippen LogP contribution in [0.1, 0.15) is 32.6 Å². The van der Waals surface area contributed by atoms with Gasteiger partial charge in [0, 0.05) is 28.6 Å². The Morgan fingerprint density at radius 3 is 2.39 bits per heavy atom. The predicted octanol–water partition coefficient (Wildman–Crippen LogP) is 5.91. The van der Waals surface area contributed by atoms with Crippen molar-refractivity contribution in [3.63, 3.8) is 0 Å². The Morgan fingerprint density at radius 2 is 1.61 bits per heavy atom. The zero-order valence-electron chi connectivity index (χ0n) is 21.3. The number of alkyl halides is 3. The molecule has 206 valence electrons. The number of para-hydroxylation sites is 1. The van der Waals surface area contributed by atoms with Crippen molar-refractivity contribution in [1.29, 1.82) is 0 Å². The average molecular weight is 559 g/mol. The van der Waals surface area contributed by atoms with Crippen LogP contribution in [0.15, 0.2) is 84.9 Å². The van der Waals surface area contributed by atoms with Gasteiger partial charge < -0.3 is 24.4 Å². The van der Waals surface area contributed by atoms with E-state index in [0.29, 0.717) is 17.2 Å². The Bertz CT molecular complexity index is 1720. The molecule has 3 aliphatic rings. The highest BCUT2D eigenvalue weighted by molar-refractivity contribution is 6.11. The number of hydrogen-bond acceptors (Lipinski definition) is 5. The van der Waals surface area contributed by atoms with Gasteiger partial charge in [-0.2, -0.15) is 13.2 Å². The van der Waals surface area contributed by atoms with E-state index in [2.05, 4.69) is 5.32 Å². The van der Waals surface area contributed by atoms with Gasteiger partial charge in [0.25, 0.3) is 5.91 Å². The highest BCUT2D eigenvalue weighted by Gasteiger charge is 2.57. The number of carbonyl (C=O) groups is 2. The SMILES string of the molecule is O=C(Nc1cccc(C(F)(F)F)c1)c1ccc(CN2C(=O)C3(COc4cc5c(cc43)OCO5)c3ccccc32)cc1. The van der Waals surface area contributed by atoms with Crippen LogP contribution in [0, 0.1) is 0 Å². The van der Waals surface area contributed by atoms with Crippen molar-refractivity contribution in [3.8, 4) is 17.2 Å². The lowest BCUT2D eigenvalue weighted by molar-refractivity contribution is -0.137. The van der Waals surface area contributed by atoms with Crippen LogP contribution in [0.3, 0.4) is 0 Å². The summed E-state index contributed by atoms with van der Waals surface area (Å²) in [4.78, 5) is 28.6. The number of nitrogens with one attached hydrogen (secondary N) is 1. The van der Waals surface area contributed by atoms with E-state index in [9.17, 15) is 22.8 Å². The summed E-state index contributed by atoms with van der Waals surface area (Å²) in [6.07, 6.45) is -4.51. The molecule has 3 heterocycles. The number of nitrogens with zero attached hydrogens (tertiary/aromatic N) is 1. The summed E-state index contributed by atoms with van der Waals surface area (Å²) in [6.45, 7) is 0.495. The average Bonchev–Trinajstić information content (AvgIpc) is 3.64. The second-order valence-corrected chi connectivity index (χ2v) is 10.0. The van der Waals surface area contributed by atoms with Gasteiger partial charge in [-0.1, -0.05) is 36.4 Å². The molecule has 7 rings (SSSR count). The first kappa shape index (κ1) is 25.0. The van der Waals surface area contributed by atoms with Gasteiger partial charge in [-0.05, 0) is 53.6 Å². The molecule has 10 heteroatoms. The number of fused-ring (bicyclic) bond motifs is 5. The normalized spacial score (nSPS) is 18.3. The third kappa shape index (κ3) is 3.97. The van der Waals surface area contributed by atoms with Crippen LogP contribution in [0.5, 0.6) is 17.2 Å². The lowest BCUT2D eigenvalue weighted by Crippen LogP contribution is -2.42. The number of amides is 2. The van der Waals surface area contributed by atoms with Crippen molar-refractivity contribution < 1.29 is 37.0 Å². The molecule has 0 aliphatic carbocycles. The molecule has 4 aromatic rings. The van der Waals surface area contributed by atoms with E-state index in [4.69, 9.17) is 14.2 Å². The van der Waals surface area contributed by atoms with E-state index in [1.54, 1.807) is 35.2 Å². The van der Waals surface area contributed by atoms with E-state index in [1.807, 2.05) is 30.3 Å². The van der Waals surface area contributed by atoms with Gasteiger partial charge in [0.1, 0.15) is 17.8 Å². The molecule has 2 amide bonds. The molecule has 0 aromatic heterocycles. The molecule has 0 radical (unpaired) electrons. The molecule has 1 N–H and O–H groups in total. The van der Waals surface area contributed by atoms with E-state index < -0.39 is 23.1 Å². The molecule has 3 aliphatic heterocycles. The van der Waals surface area contributed by atoms with Crippen molar-refractivity contribution in [2.24, 2.45) is 0 Å². The van der Waals surface area contributed by atoms with Crippen molar-refractivity contribution in [1.82, 2.24) is 0 Å². The van der Waals surface area contributed by atoms with Crippen molar-refractivity contribution in [2.75, 3.05) is 23.6 Å². The molecule has 41 heavy (non-hydrogen) atoms. The van der Waals surface area contributed by atoms with Gasteiger partial charge in [-0.15, -0.1) is 0 Å². The Kier molecular flexibility index (Phi) is 5.50.